The molecule has 4 rings (SSSR count). The second-order valence-electron chi connectivity index (χ2n) is 8.19. The predicted molar refractivity (Wildman–Crippen MR) is 123 cm³/mol. The highest BCUT2D eigenvalue weighted by Crippen LogP contribution is 2.29. The fraction of sp³-hybridized carbons (Fsp3) is 0.391. The van der Waals surface area contributed by atoms with Crippen LogP contribution in [0.5, 0.6) is 0 Å². The molecular formula is C23H28N2O4S2. The Hall–Kier alpha value is -2.00. The lowest BCUT2D eigenvalue weighted by molar-refractivity contribution is 0.113. The molecule has 31 heavy (non-hydrogen) atoms. The largest absolute Gasteiger partial charge is 0.297 e. The van der Waals surface area contributed by atoms with Gasteiger partial charge in [-0.3, -0.25) is 9.80 Å². The second-order valence-corrected chi connectivity index (χ2v) is 12.5. The molecule has 2 saturated heterocycles. The van der Waals surface area contributed by atoms with Crippen LogP contribution in [0.1, 0.15) is 5.56 Å². The van der Waals surface area contributed by atoms with Gasteiger partial charge in [0.2, 0.25) is 0 Å². The minimum absolute atomic E-state index is 0.0857. The van der Waals surface area contributed by atoms with Gasteiger partial charge in [-0.2, -0.15) is 0 Å². The maximum absolute atomic E-state index is 13.2. The third kappa shape index (κ3) is 5.26. The van der Waals surface area contributed by atoms with Gasteiger partial charge in [0.1, 0.15) is 0 Å². The van der Waals surface area contributed by atoms with Gasteiger partial charge in [0.25, 0.3) is 0 Å². The zero-order valence-electron chi connectivity index (χ0n) is 17.4. The van der Waals surface area contributed by atoms with Crippen LogP contribution >= 0.6 is 0 Å². The minimum Gasteiger partial charge on any atom is -0.297 e. The zero-order chi connectivity index (χ0) is 21.9. The van der Waals surface area contributed by atoms with Crippen LogP contribution in [0, 0.1) is 0 Å². The van der Waals surface area contributed by atoms with Gasteiger partial charge in [0, 0.05) is 38.8 Å². The smallest absolute Gasteiger partial charge is 0.183 e. The van der Waals surface area contributed by atoms with Crippen molar-refractivity contribution in [1.29, 1.82) is 0 Å². The number of rotatable bonds is 6. The zero-order valence-corrected chi connectivity index (χ0v) is 19.0. The molecule has 0 bridgehead atoms. The molecule has 0 amide bonds. The summed E-state index contributed by atoms with van der Waals surface area (Å²) in [7, 11) is -7.10. The molecule has 0 radical (unpaired) electrons. The number of hydrogen-bond donors (Lipinski definition) is 0. The van der Waals surface area contributed by atoms with E-state index in [9.17, 15) is 16.8 Å². The van der Waals surface area contributed by atoms with Gasteiger partial charge in [0.05, 0.1) is 21.7 Å². The Kier molecular flexibility index (Phi) is 6.62. The van der Waals surface area contributed by atoms with Gasteiger partial charge in [-0.05, 0) is 17.7 Å². The van der Waals surface area contributed by atoms with E-state index in [-0.39, 0.29) is 16.4 Å². The Balaban J connectivity index is 1.41. The maximum Gasteiger partial charge on any atom is 0.183 e. The monoisotopic (exact) mass is 460 g/mol. The number of benzene rings is 2. The molecule has 2 atom stereocenters. The van der Waals surface area contributed by atoms with E-state index >= 15 is 0 Å². The SMILES string of the molecule is O=S1(=O)C[C@H](N2CCN(CC=Cc3ccccc3)CC2)[C@@H](S(=O)(=O)c2ccccc2)C1. The van der Waals surface area contributed by atoms with E-state index in [0.29, 0.717) is 13.1 Å². The molecule has 0 aromatic heterocycles. The molecule has 2 aliphatic heterocycles. The summed E-state index contributed by atoms with van der Waals surface area (Å²) in [6.07, 6.45) is 4.23. The molecule has 2 aromatic rings. The Bertz CT molecular complexity index is 1110. The van der Waals surface area contributed by atoms with Gasteiger partial charge in [-0.15, -0.1) is 0 Å². The minimum atomic E-state index is -3.71. The molecule has 0 saturated carbocycles. The van der Waals surface area contributed by atoms with Crippen LogP contribution in [0.2, 0.25) is 0 Å². The van der Waals surface area contributed by atoms with Crippen LogP contribution in [0.25, 0.3) is 6.08 Å². The molecule has 0 N–H and O–H groups in total. The van der Waals surface area contributed by atoms with E-state index in [2.05, 4.69) is 34.1 Å². The molecule has 0 spiro atoms. The number of sulfone groups is 2. The molecule has 8 heteroatoms. The normalized spacial score (nSPS) is 25.2. The van der Waals surface area contributed by atoms with Crippen molar-refractivity contribution in [3.8, 4) is 0 Å². The third-order valence-corrected chi connectivity index (χ3v) is 10.2. The molecule has 6 nitrogen and oxygen atoms in total. The van der Waals surface area contributed by atoms with Crippen molar-refractivity contribution >= 4 is 25.8 Å². The first-order valence-corrected chi connectivity index (χ1v) is 13.9. The highest BCUT2D eigenvalue weighted by Gasteiger charge is 2.48. The summed E-state index contributed by atoms with van der Waals surface area (Å²) in [5, 5.41) is -0.913. The van der Waals surface area contributed by atoms with E-state index in [0.717, 1.165) is 25.2 Å². The number of piperazine rings is 1. The van der Waals surface area contributed by atoms with E-state index in [1.54, 1.807) is 30.3 Å². The number of nitrogens with zero attached hydrogens (tertiary/aromatic N) is 2. The van der Waals surface area contributed by atoms with Crippen LogP contribution in [0.15, 0.2) is 71.6 Å². The number of hydrogen-bond acceptors (Lipinski definition) is 6. The Morgan fingerprint density at radius 1 is 0.871 bits per heavy atom. The van der Waals surface area contributed by atoms with E-state index in [1.807, 2.05) is 18.2 Å². The van der Waals surface area contributed by atoms with E-state index in [4.69, 9.17) is 0 Å². The van der Waals surface area contributed by atoms with Gasteiger partial charge >= 0.3 is 0 Å². The summed E-state index contributed by atoms with van der Waals surface area (Å²) in [5.41, 5.74) is 1.16. The van der Waals surface area contributed by atoms with Crippen molar-refractivity contribution in [3.63, 3.8) is 0 Å². The van der Waals surface area contributed by atoms with Crippen LogP contribution in [-0.4, -0.2) is 82.2 Å². The maximum atomic E-state index is 13.2. The van der Waals surface area contributed by atoms with Crippen molar-refractivity contribution in [2.24, 2.45) is 0 Å². The van der Waals surface area contributed by atoms with Crippen LogP contribution in [-0.2, 0) is 19.7 Å². The lowest BCUT2D eigenvalue weighted by atomic mass is 10.1. The Morgan fingerprint density at radius 3 is 2.13 bits per heavy atom. The molecule has 2 aliphatic rings. The van der Waals surface area contributed by atoms with Crippen LogP contribution in [0.4, 0.5) is 0 Å². The fourth-order valence-corrected chi connectivity index (χ4v) is 9.25. The lowest BCUT2D eigenvalue weighted by Crippen LogP contribution is -2.54. The molecule has 2 aromatic carbocycles. The van der Waals surface area contributed by atoms with Gasteiger partial charge in [0.15, 0.2) is 19.7 Å². The summed E-state index contributed by atoms with van der Waals surface area (Å²) < 4.78 is 51.2. The molecule has 2 heterocycles. The summed E-state index contributed by atoms with van der Waals surface area (Å²) in [5.74, 6) is -0.382. The molecule has 0 aliphatic carbocycles. The predicted octanol–water partition coefficient (Wildman–Crippen LogP) is 1.96. The van der Waals surface area contributed by atoms with Gasteiger partial charge in [-0.1, -0.05) is 60.7 Å². The standard InChI is InChI=1S/C23H28N2O4S2/c26-30(27)18-22(23(19-30)31(28,29)21-11-5-2-6-12-21)25-16-14-24(15-17-25)13-7-10-20-8-3-1-4-9-20/h1-12,22-23H,13-19H2/t22-,23-/m0/s1. The lowest BCUT2D eigenvalue weighted by Gasteiger charge is -2.39. The molecule has 0 unspecified atom stereocenters. The molecular weight excluding hydrogens is 432 g/mol. The fourth-order valence-electron chi connectivity index (χ4n) is 4.40. The van der Waals surface area contributed by atoms with Crippen molar-refractivity contribution in [1.82, 2.24) is 9.80 Å². The summed E-state index contributed by atoms with van der Waals surface area (Å²) in [4.78, 5) is 4.57. The highest BCUT2D eigenvalue weighted by molar-refractivity contribution is 7.96. The van der Waals surface area contributed by atoms with Gasteiger partial charge in [-0.25, -0.2) is 16.8 Å². The quantitative estimate of drug-likeness (QED) is 0.656. The topological polar surface area (TPSA) is 74.8 Å². The first-order chi connectivity index (χ1) is 14.9. The van der Waals surface area contributed by atoms with E-state index < -0.39 is 31.0 Å². The van der Waals surface area contributed by atoms with E-state index in [1.165, 1.54) is 0 Å². The second kappa shape index (κ2) is 9.24. The van der Waals surface area contributed by atoms with Crippen LogP contribution < -0.4 is 0 Å². The highest BCUT2D eigenvalue weighted by atomic mass is 32.2. The molecule has 166 valence electrons. The Labute approximate surface area is 185 Å². The van der Waals surface area contributed by atoms with Crippen molar-refractivity contribution in [2.75, 3.05) is 44.2 Å². The van der Waals surface area contributed by atoms with Crippen molar-refractivity contribution < 1.29 is 16.8 Å². The van der Waals surface area contributed by atoms with Crippen molar-refractivity contribution in [3.05, 3.63) is 72.3 Å². The molecule has 2 fully saturated rings. The van der Waals surface area contributed by atoms with Gasteiger partial charge < -0.3 is 0 Å². The van der Waals surface area contributed by atoms with Crippen molar-refractivity contribution in [2.45, 2.75) is 16.2 Å². The summed E-state index contributed by atoms with van der Waals surface area (Å²) in [6.45, 7) is 3.72. The first-order valence-electron chi connectivity index (χ1n) is 10.5. The Morgan fingerprint density at radius 2 is 1.48 bits per heavy atom. The first kappa shape index (κ1) is 22.2. The summed E-state index contributed by atoms with van der Waals surface area (Å²) in [6, 6.07) is 17.8. The third-order valence-electron chi connectivity index (χ3n) is 6.09. The average molecular weight is 461 g/mol. The summed E-state index contributed by atoms with van der Waals surface area (Å²) >= 11 is 0. The average Bonchev–Trinajstić information content (AvgIpc) is 3.12. The van der Waals surface area contributed by atoms with Crippen LogP contribution in [0.3, 0.4) is 0 Å².